The van der Waals surface area contributed by atoms with Gasteiger partial charge >= 0.3 is 59.1 Å². The molecule has 0 saturated heterocycles. The van der Waals surface area contributed by atoms with Gasteiger partial charge in [-0.25, -0.2) is 0 Å². The van der Waals surface area contributed by atoms with Crippen molar-refractivity contribution in [2.24, 2.45) is 0 Å². The van der Waals surface area contributed by atoms with Crippen LogP contribution in [0, 0.1) is 0 Å². The topological polar surface area (TPSA) is 92.3 Å². The molecule has 16 heavy (non-hydrogen) atoms. The average Bonchev–Trinajstić information content (AvgIpc) is 2.02. The van der Waals surface area contributed by atoms with Crippen LogP contribution in [0.2, 0.25) is 0 Å². The molecular formula is C8H14NNa2O4P. The summed E-state index contributed by atoms with van der Waals surface area (Å²) in [7, 11) is -4.70. The molecule has 8 heteroatoms. The van der Waals surface area contributed by atoms with E-state index in [0.717, 1.165) is 32.1 Å². The second-order valence-electron chi connectivity index (χ2n) is 3.67. The van der Waals surface area contributed by atoms with Crippen molar-refractivity contribution in [3.05, 3.63) is 0 Å². The minimum Gasteiger partial charge on any atom is -0.810 e. The Labute approximate surface area is 140 Å². The van der Waals surface area contributed by atoms with Gasteiger partial charge in [0.15, 0.2) is 0 Å². The fraction of sp³-hybridized carbons (Fsp3) is 0.875. The van der Waals surface area contributed by atoms with Crippen LogP contribution in [0.15, 0.2) is 0 Å². The molecule has 0 atom stereocenters. The summed E-state index contributed by atoms with van der Waals surface area (Å²) in [5.74, 6) is -0.662. The fourth-order valence-corrected chi connectivity index (χ4v) is 2.14. The second kappa shape index (κ2) is 9.54. The van der Waals surface area contributed by atoms with Crippen LogP contribution < -0.4 is 74.2 Å². The predicted octanol–water partition coefficient (Wildman–Crippen LogP) is -6.64. The van der Waals surface area contributed by atoms with Gasteiger partial charge in [-0.05, 0) is 12.8 Å². The van der Waals surface area contributed by atoms with Crippen LogP contribution in [0.1, 0.15) is 32.1 Å². The van der Waals surface area contributed by atoms with E-state index in [2.05, 4.69) is 5.32 Å². The van der Waals surface area contributed by atoms with Gasteiger partial charge in [-0.15, -0.1) is 0 Å². The summed E-state index contributed by atoms with van der Waals surface area (Å²) in [6.07, 6.45) is 4.12. The molecule has 0 unspecified atom stereocenters. The maximum absolute atomic E-state index is 11.0. The number of carbonyl (C=O) groups is 1. The van der Waals surface area contributed by atoms with Gasteiger partial charge in [-0.3, -0.25) is 4.79 Å². The van der Waals surface area contributed by atoms with E-state index in [9.17, 15) is 19.1 Å². The summed E-state index contributed by atoms with van der Waals surface area (Å²) in [6, 6.07) is 0.0581. The van der Waals surface area contributed by atoms with Crippen LogP contribution >= 0.6 is 7.60 Å². The third-order valence-corrected chi connectivity index (χ3v) is 2.98. The van der Waals surface area contributed by atoms with Gasteiger partial charge in [0.25, 0.3) is 0 Å². The minimum absolute atomic E-state index is 0. The van der Waals surface area contributed by atoms with Gasteiger partial charge in [0.1, 0.15) is 0 Å². The van der Waals surface area contributed by atoms with Crippen LogP contribution in [0.4, 0.5) is 0 Å². The zero-order valence-corrected chi connectivity index (χ0v) is 14.8. The van der Waals surface area contributed by atoms with E-state index in [0.29, 0.717) is 0 Å². The van der Waals surface area contributed by atoms with E-state index in [4.69, 9.17) is 0 Å². The number of amides is 1. The SMILES string of the molecule is O=C(CP(=O)([O-])[O-])NC1CCCCC1.[Na+].[Na+]. The van der Waals surface area contributed by atoms with Crippen LogP contribution in [-0.2, 0) is 9.36 Å². The summed E-state index contributed by atoms with van der Waals surface area (Å²) in [4.78, 5) is 31.6. The molecule has 1 aliphatic carbocycles. The molecule has 0 aliphatic heterocycles. The first kappa shape index (κ1) is 19.9. The van der Waals surface area contributed by atoms with Crippen LogP contribution in [0.5, 0.6) is 0 Å². The molecule has 1 saturated carbocycles. The predicted molar refractivity (Wildman–Crippen MR) is 47.5 cm³/mol. The van der Waals surface area contributed by atoms with E-state index in [-0.39, 0.29) is 65.2 Å². The van der Waals surface area contributed by atoms with Crippen LogP contribution in [-0.4, -0.2) is 18.1 Å². The monoisotopic (exact) mass is 265 g/mol. The summed E-state index contributed by atoms with van der Waals surface area (Å²) >= 11 is 0. The Morgan fingerprint density at radius 2 is 1.69 bits per heavy atom. The normalized spacial score (nSPS) is 16.9. The molecule has 0 bridgehead atoms. The first-order chi connectivity index (χ1) is 6.47. The van der Waals surface area contributed by atoms with Crippen LogP contribution in [0.3, 0.4) is 0 Å². The maximum Gasteiger partial charge on any atom is 1.00 e. The smallest absolute Gasteiger partial charge is 0.810 e. The molecule has 0 aromatic carbocycles. The molecule has 0 radical (unpaired) electrons. The number of carbonyl (C=O) groups excluding carboxylic acids is 1. The van der Waals surface area contributed by atoms with Crippen LogP contribution in [0.25, 0.3) is 0 Å². The molecule has 1 fully saturated rings. The zero-order chi connectivity index (χ0) is 10.6. The molecule has 0 heterocycles. The van der Waals surface area contributed by atoms with Crippen molar-refractivity contribution in [2.75, 3.05) is 6.16 Å². The van der Waals surface area contributed by atoms with Crippen molar-refractivity contribution in [1.29, 1.82) is 0 Å². The average molecular weight is 265 g/mol. The number of hydrogen-bond acceptors (Lipinski definition) is 4. The molecule has 1 N–H and O–H groups in total. The van der Waals surface area contributed by atoms with Gasteiger partial charge < -0.3 is 19.7 Å². The maximum atomic E-state index is 11.0. The molecule has 82 valence electrons. The Morgan fingerprint density at radius 1 is 1.19 bits per heavy atom. The second-order valence-corrected chi connectivity index (χ2v) is 5.21. The minimum atomic E-state index is -4.70. The van der Waals surface area contributed by atoms with E-state index in [1.165, 1.54) is 0 Å². The molecule has 0 aromatic heterocycles. The largest absolute Gasteiger partial charge is 1.00 e. The Kier molecular flexibility index (Phi) is 11.9. The van der Waals surface area contributed by atoms with E-state index in [1.54, 1.807) is 0 Å². The molecule has 5 nitrogen and oxygen atoms in total. The Bertz CT molecular complexity index is 252. The summed E-state index contributed by atoms with van der Waals surface area (Å²) in [5, 5.41) is 2.56. The van der Waals surface area contributed by atoms with Gasteiger partial charge in [0, 0.05) is 6.04 Å². The Morgan fingerprint density at radius 3 is 2.12 bits per heavy atom. The van der Waals surface area contributed by atoms with E-state index < -0.39 is 19.7 Å². The zero-order valence-electron chi connectivity index (χ0n) is 9.90. The first-order valence-electron chi connectivity index (χ1n) is 4.78. The van der Waals surface area contributed by atoms with Crippen molar-refractivity contribution in [3.8, 4) is 0 Å². The quantitative estimate of drug-likeness (QED) is 0.405. The van der Waals surface area contributed by atoms with Crippen molar-refractivity contribution in [1.82, 2.24) is 5.32 Å². The number of nitrogens with one attached hydrogen (secondary N) is 1. The first-order valence-corrected chi connectivity index (χ1v) is 6.50. The van der Waals surface area contributed by atoms with Crippen molar-refractivity contribution >= 4 is 13.5 Å². The van der Waals surface area contributed by atoms with Gasteiger partial charge in [0.2, 0.25) is 5.91 Å². The number of rotatable bonds is 3. The standard InChI is InChI=1S/C8H16NO4P.2Na/c10-8(6-14(11,12)13)9-7-4-2-1-3-5-7;;/h7H,1-6H2,(H,9,10)(H2,11,12,13);;/q;2*+1/p-2. The summed E-state index contributed by atoms with van der Waals surface area (Å²) in [6.45, 7) is 0. The van der Waals surface area contributed by atoms with Gasteiger partial charge in [-0.1, -0.05) is 26.9 Å². The summed E-state index contributed by atoms with van der Waals surface area (Å²) < 4.78 is 10.3. The fourth-order valence-electron chi connectivity index (χ4n) is 1.70. The molecule has 0 spiro atoms. The van der Waals surface area contributed by atoms with Gasteiger partial charge in [0.05, 0.1) is 6.16 Å². The van der Waals surface area contributed by atoms with Crippen molar-refractivity contribution < 1.29 is 78.3 Å². The molecule has 1 aliphatic rings. The van der Waals surface area contributed by atoms with Crippen molar-refractivity contribution in [2.45, 2.75) is 38.1 Å². The Balaban J connectivity index is 0. The molecule has 1 rings (SSSR count). The van der Waals surface area contributed by atoms with E-state index in [1.807, 2.05) is 0 Å². The summed E-state index contributed by atoms with van der Waals surface area (Å²) in [5.41, 5.74) is 0. The third kappa shape index (κ3) is 9.63. The third-order valence-electron chi connectivity index (χ3n) is 2.31. The van der Waals surface area contributed by atoms with Crippen molar-refractivity contribution in [3.63, 3.8) is 0 Å². The Hall–Kier alpha value is 1.62. The number of hydrogen-bond donors (Lipinski definition) is 1. The molecule has 1 amide bonds. The van der Waals surface area contributed by atoms with E-state index >= 15 is 0 Å². The molecular weight excluding hydrogens is 251 g/mol. The molecule has 0 aromatic rings. The van der Waals surface area contributed by atoms with Gasteiger partial charge in [-0.2, -0.15) is 0 Å².